The molecule has 1 atom stereocenters. The molecule has 0 aliphatic heterocycles. The van der Waals surface area contributed by atoms with E-state index in [2.05, 4.69) is 38.1 Å². The van der Waals surface area contributed by atoms with Crippen LogP contribution in [-0.2, 0) is 6.42 Å². The van der Waals surface area contributed by atoms with E-state index >= 15 is 0 Å². The van der Waals surface area contributed by atoms with E-state index in [1.165, 1.54) is 64.2 Å². The number of hydrogen-bond acceptors (Lipinski definition) is 0. The van der Waals surface area contributed by atoms with Crippen molar-refractivity contribution in [2.75, 3.05) is 0 Å². The summed E-state index contributed by atoms with van der Waals surface area (Å²) in [6, 6.07) is 9.16. The predicted molar refractivity (Wildman–Crippen MR) is 89.3 cm³/mol. The van der Waals surface area contributed by atoms with E-state index in [-0.39, 0.29) is 0 Å². The summed E-state index contributed by atoms with van der Waals surface area (Å²) in [7, 11) is 0. The second kappa shape index (κ2) is 8.49. The van der Waals surface area contributed by atoms with Crippen LogP contribution in [-0.4, -0.2) is 0 Å². The Morgan fingerprint density at radius 3 is 2.25 bits per heavy atom. The van der Waals surface area contributed by atoms with Crippen molar-refractivity contribution < 1.29 is 0 Å². The van der Waals surface area contributed by atoms with Crippen LogP contribution >= 0.6 is 0 Å². The lowest BCUT2D eigenvalue weighted by atomic mass is 9.75. The Morgan fingerprint density at radius 1 is 0.900 bits per heavy atom. The van der Waals surface area contributed by atoms with Gasteiger partial charge < -0.3 is 0 Å². The molecule has 0 spiro atoms. The Bertz CT molecular complexity index is 371. The molecule has 1 unspecified atom stereocenters. The Kier molecular flexibility index (Phi) is 6.63. The minimum Gasteiger partial charge on any atom is -0.0654 e. The van der Waals surface area contributed by atoms with E-state index in [0.29, 0.717) is 0 Å². The third-order valence-corrected chi connectivity index (χ3v) is 5.09. The largest absolute Gasteiger partial charge is 0.0654 e. The monoisotopic (exact) mass is 272 g/mol. The van der Waals surface area contributed by atoms with Gasteiger partial charge in [0.2, 0.25) is 0 Å². The van der Waals surface area contributed by atoms with Gasteiger partial charge in [-0.05, 0) is 55.1 Å². The van der Waals surface area contributed by atoms with Gasteiger partial charge in [-0.3, -0.25) is 0 Å². The fourth-order valence-electron chi connectivity index (χ4n) is 3.99. The summed E-state index contributed by atoms with van der Waals surface area (Å²) in [5, 5.41) is 0. The van der Waals surface area contributed by atoms with Crippen LogP contribution in [0.4, 0.5) is 0 Å². The lowest BCUT2D eigenvalue weighted by molar-refractivity contribution is 0.387. The van der Waals surface area contributed by atoms with Crippen molar-refractivity contribution in [1.82, 2.24) is 0 Å². The maximum atomic E-state index is 2.39. The fourth-order valence-corrected chi connectivity index (χ4v) is 3.99. The molecule has 0 N–H and O–H groups in total. The molecule has 1 saturated carbocycles. The van der Waals surface area contributed by atoms with Gasteiger partial charge in [-0.15, -0.1) is 0 Å². The molecular weight excluding hydrogens is 240 g/mol. The summed E-state index contributed by atoms with van der Waals surface area (Å²) in [6.45, 7) is 4.42. The molecule has 0 saturated heterocycles. The number of fused-ring (bicyclic) bond motifs is 1. The van der Waals surface area contributed by atoms with Crippen LogP contribution in [0, 0.1) is 5.92 Å². The van der Waals surface area contributed by atoms with Crippen LogP contribution in [0.25, 0.3) is 0 Å². The first-order valence-corrected chi connectivity index (χ1v) is 8.94. The maximum absolute atomic E-state index is 2.39. The van der Waals surface area contributed by atoms with E-state index in [1.807, 2.05) is 0 Å². The van der Waals surface area contributed by atoms with Crippen molar-refractivity contribution in [2.45, 2.75) is 84.0 Å². The molecule has 0 aromatic heterocycles. The Labute approximate surface area is 126 Å². The lowest BCUT2D eigenvalue weighted by Crippen LogP contribution is -2.16. The van der Waals surface area contributed by atoms with Crippen LogP contribution in [0.2, 0.25) is 0 Å². The first kappa shape index (κ1) is 15.6. The second-order valence-corrected chi connectivity index (χ2v) is 6.60. The summed E-state index contributed by atoms with van der Waals surface area (Å²) >= 11 is 0. The predicted octanol–water partition coefficient (Wildman–Crippen LogP) is 6.49. The van der Waals surface area contributed by atoms with Crippen molar-refractivity contribution in [3.63, 3.8) is 0 Å². The van der Waals surface area contributed by atoms with Crippen molar-refractivity contribution in [3.05, 3.63) is 35.4 Å². The molecule has 0 amide bonds. The van der Waals surface area contributed by atoms with Gasteiger partial charge in [0.15, 0.2) is 0 Å². The van der Waals surface area contributed by atoms with Crippen LogP contribution in [0.15, 0.2) is 24.3 Å². The molecule has 0 nitrogen and oxygen atoms in total. The van der Waals surface area contributed by atoms with Crippen LogP contribution in [0.1, 0.15) is 88.7 Å². The van der Waals surface area contributed by atoms with Crippen molar-refractivity contribution >= 4 is 0 Å². The normalized spacial score (nSPS) is 22.0. The second-order valence-electron chi connectivity index (χ2n) is 6.60. The molecule has 0 heterocycles. The summed E-state index contributed by atoms with van der Waals surface area (Å²) < 4.78 is 0. The van der Waals surface area contributed by atoms with Gasteiger partial charge in [-0.25, -0.2) is 0 Å². The molecule has 20 heavy (non-hydrogen) atoms. The minimum absolute atomic E-state index is 0.900. The molecule has 0 bridgehead atoms. The van der Waals surface area contributed by atoms with E-state index in [4.69, 9.17) is 0 Å². The van der Waals surface area contributed by atoms with Gasteiger partial charge in [0.05, 0.1) is 0 Å². The van der Waals surface area contributed by atoms with Gasteiger partial charge in [0, 0.05) is 0 Å². The number of unbranched alkanes of at least 4 members (excludes halogenated alkanes) is 2. The summed E-state index contributed by atoms with van der Waals surface area (Å²) in [5.74, 6) is 1.91. The van der Waals surface area contributed by atoms with Gasteiger partial charge >= 0.3 is 0 Å². The number of rotatable bonds is 3. The molecular formula is C20H32. The fraction of sp³-hybridized carbons (Fsp3) is 0.700. The number of hydrogen-bond donors (Lipinski definition) is 0. The van der Waals surface area contributed by atoms with Gasteiger partial charge in [-0.2, -0.15) is 0 Å². The quantitative estimate of drug-likeness (QED) is 0.589. The van der Waals surface area contributed by atoms with Crippen molar-refractivity contribution in [1.29, 1.82) is 0 Å². The molecule has 3 rings (SSSR count). The molecule has 1 aromatic carbocycles. The Morgan fingerprint density at radius 2 is 1.60 bits per heavy atom. The van der Waals surface area contributed by atoms with Crippen LogP contribution in [0.3, 0.4) is 0 Å². The molecule has 1 fully saturated rings. The summed E-state index contributed by atoms with van der Waals surface area (Å²) in [5.41, 5.74) is 3.33. The van der Waals surface area contributed by atoms with Gasteiger partial charge in [0.25, 0.3) is 0 Å². The number of benzene rings is 1. The zero-order valence-corrected chi connectivity index (χ0v) is 13.5. The summed E-state index contributed by atoms with van der Waals surface area (Å²) in [6.07, 6.45) is 14.2. The Hall–Kier alpha value is -0.780. The molecule has 1 aromatic rings. The highest BCUT2D eigenvalue weighted by Gasteiger charge is 2.29. The Balaban J connectivity index is 0.000000257. The highest BCUT2D eigenvalue weighted by Crippen LogP contribution is 2.43. The molecule has 0 heteroatoms. The highest BCUT2D eigenvalue weighted by atomic mass is 14.3. The lowest BCUT2D eigenvalue weighted by Gasteiger charge is -2.30. The smallest absolute Gasteiger partial charge is 0.0131 e. The first-order valence-electron chi connectivity index (χ1n) is 8.94. The summed E-state index contributed by atoms with van der Waals surface area (Å²) in [4.78, 5) is 0. The average Bonchev–Trinajstić information content (AvgIpc) is 3.02. The highest BCUT2D eigenvalue weighted by molar-refractivity contribution is 5.33. The van der Waals surface area contributed by atoms with Crippen molar-refractivity contribution in [2.24, 2.45) is 5.92 Å². The first-order chi connectivity index (χ1) is 9.86. The van der Waals surface area contributed by atoms with Crippen LogP contribution < -0.4 is 0 Å². The average molecular weight is 272 g/mol. The SMILES string of the molecule is CCCCC.c1ccc2c(c1)CCCC2C1CCCC1. The molecule has 2 aliphatic rings. The zero-order valence-electron chi connectivity index (χ0n) is 13.5. The van der Waals surface area contributed by atoms with Crippen molar-refractivity contribution in [3.8, 4) is 0 Å². The van der Waals surface area contributed by atoms with E-state index in [1.54, 1.807) is 11.1 Å². The van der Waals surface area contributed by atoms with E-state index in [9.17, 15) is 0 Å². The van der Waals surface area contributed by atoms with Gasteiger partial charge in [-0.1, -0.05) is 70.2 Å². The van der Waals surface area contributed by atoms with Gasteiger partial charge in [0.1, 0.15) is 0 Å². The third kappa shape index (κ3) is 4.11. The topological polar surface area (TPSA) is 0 Å². The molecule has 0 radical (unpaired) electrons. The molecule has 2 aliphatic carbocycles. The maximum Gasteiger partial charge on any atom is -0.0131 e. The number of aryl methyl sites for hydroxylation is 1. The van der Waals surface area contributed by atoms with E-state index in [0.717, 1.165) is 11.8 Å². The zero-order chi connectivity index (χ0) is 14.2. The standard InChI is InChI=1S/C15H20.C5H12/c1-2-7-12(6-1)15-11-5-9-13-8-3-4-10-14(13)15;1-3-5-4-2/h3-4,8,10,12,15H,1-2,5-7,9,11H2;3-5H2,1-2H3. The van der Waals surface area contributed by atoms with Crippen LogP contribution in [0.5, 0.6) is 0 Å². The molecule has 112 valence electrons. The minimum atomic E-state index is 0.900. The third-order valence-electron chi connectivity index (χ3n) is 5.09. The van der Waals surface area contributed by atoms with E-state index < -0.39 is 0 Å².